The highest BCUT2D eigenvalue weighted by Crippen LogP contribution is 2.32. The van der Waals surface area contributed by atoms with Gasteiger partial charge in [0.1, 0.15) is 0 Å². The summed E-state index contributed by atoms with van der Waals surface area (Å²) in [6.45, 7) is 0. The molecule has 0 radical (unpaired) electrons. The normalized spacial score (nSPS) is 18.8. The lowest BCUT2D eigenvalue weighted by molar-refractivity contribution is 0.306. The zero-order chi connectivity index (χ0) is 13.1. The molecule has 1 unspecified atom stereocenters. The lowest BCUT2D eigenvalue weighted by Crippen LogP contribution is -2.21. The van der Waals surface area contributed by atoms with Crippen LogP contribution in [0.2, 0.25) is 0 Å². The van der Waals surface area contributed by atoms with E-state index in [1.54, 1.807) is 6.20 Å². The van der Waals surface area contributed by atoms with E-state index in [-0.39, 0.29) is 0 Å². The highest BCUT2D eigenvalue weighted by atomic mass is 15.2. The van der Waals surface area contributed by atoms with Gasteiger partial charge in [-0.05, 0) is 19.4 Å². The highest BCUT2D eigenvalue weighted by Gasteiger charge is 2.21. The largest absolute Gasteiger partial charge is 0.313 e. The fraction of sp³-hybridized carbons (Fsp3) is 0.600. The number of rotatable bonds is 4. The van der Waals surface area contributed by atoms with Crippen molar-refractivity contribution in [1.29, 1.82) is 0 Å². The van der Waals surface area contributed by atoms with Crippen LogP contribution in [0.15, 0.2) is 24.8 Å². The standard InChI is InChI=1S/C15H22N4/c1-16-14(9-12-5-3-2-4-6-12)13-10-18-19-8-7-17-11-15(13)19/h7-8,10-12,14,16H,2-6,9H2,1H3. The Labute approximate surface area is 114 Å². The summed E-state index contributed by atoms with van der Waals surface area (Å²) < 4.78 is 1.91. The third kappa shape index (κ3) is 2.63. The quantitative estimate of drug-likeness (QED) is 0.916. The molecule has 1 atom stereocenters. The number of nitrogens with zero attached hydrogens (tertiary/aromatic N) is 3. The average Bonchev–Trinajstić information content (AvgIpc) is 2.90. The van der Waals surface area contributed by atoms with Crippen molar-refractivity contribution in [3.05, 3.63) is 30.4 Å². The molecular formula is C15H22N4. The molecule has 0 aromatic carbocycles. The molecule has 1 saturated carbocycles. The highest BCUT2D eigenvalue weighted by molar-refractivity contribution is 5.53. The zero-order valence-corrected chi connectivity index (χ0v) is 11.5. The minimum Gasteiger partial charge on any atom is -0.313 e. The van der Waals surface area contributed by atoms with Gasteiger partial charge >= 0.3 is 0 Å². The van der Waals surface area contributed by atoms with E-state index >= 15 is 0 Å². The molecule has 0 saturated heterocycles. The average molecular weight is 258 g/mol. The monoisotopic (exact) mass is 258 g/mol. The van der Waals surface area contributed by atoms with Crippen molar-refractivity contribution in [2.24, 2.45) is 5.92 Å². The van der Waals surface area contributed by atoms with E-state index < -0.39 is 0 Å². The summed E-state index contributed by atoms with van der Waals surface area (Å²) in [5.41, 5.74) is 2.40. The molecule has 1 aliphatic carbocycles. The molecule has 4 nitrogen and oxygen atoms in total. The molecule has 1 N–H and O–H groups in total. The Morgan fingerprint density at radius 2 is 2.16 bits per heavy atom. The Balaban J connectivity index is 1.81. The molecule has 0 aliphatic heterocycles. The Kier molecular flexibility index (Phi) is 3.78. The predicted molar refractivity (Wildman–Crippen MR) is 76.0 cm³/mol. The molecule has 4 heteroatoms. The van der Waals surface area contributed by atoms with Crippen molar-refractivity contribution in [2.75, 3.05) is 7.05 Å². The number of hydrogen-bond acceptors (Lipinski definition) is 3. The zero-order valence-electron chi connectivity index (χ0n) is 11.5. The van der Waals surface area contributed by atoms with Crippen molar-refractivity contribution in [2.45, 2.75) is 44.6 Å². The molecule has 3 rings (SSSR count). The van der Waals surface area contributed by atoms with Crippen LogP contribution in [0.5, 0.6) is 0 Å². The molecular weight excluding hydrogens is 236 g/mol. The summed E-state index contributed by atoms with van der Waals surface area (Å²) >= 11 is 0. The topological polar surface area (TPSA) is 42.2 Å². The molecule has 1 aliphatic rings. The minimum absolute atomic E-state index is 0.393. The van der Waals surface area contributed by atoms with Crippen molar-refractivity contribution in [3.63, 3.8) is 0 Å². The Morgan fingerprint density at radius 1 is 1.32 bits per heavy atom. The van der Waals surface area contributed by atoms with Gasteiger partial charge in [0.2, 0.25) is 0 Å². The summed E-state index contributed by atoms with van der Waals surface area (Å²) in [4.78, 5) is 4.22. The van der Waals surface area contributed by atoms with Gasteiger partial charge in [-0.25, -0.2) is 4.52 Å². The summed E-state index contributed by atoms with van der Waals surface area (Å²) in [6.07, 6.45) is 15.8. The first-order valence-electron chi connectivity index (χ1n) is 7.33. The Hall–Kier alpha value is -1.42. The molecule has 0 spiro atoms. The van der Waals surface area contributed by atoms with Crippen LogP contribution < -0.4 is 5.32 Å². The molecule has 2 aromatic heterocycles. The number of fused-ring (bicyclic) bond motifs is 1. The van der Waals surface area contributed by atoms with Crippen LogP contribution in [0, 0.1) is 5.92 Å². The van der Waals surface area contributed by atoms with Gasteiger partial charge in [0.05, 0.1) is 17.9 Å². The van der Waals surface area contributed by atoms with Crippen LogP contribution in [-0.4, -0.2) is 21.6 Å². The number of hydrogen-bond donors (Lipinski definition) is 1. The third-order valence-corrected chi connectivity index (χ3v) is 4.37. The van der Waals surface area contributed by atoms with Crippen LogP contribution in [-0.2, 0) is 0 Å². The number of aromatic nitrogens is 3. The third-order valence-electron chi connectivity index (χ3n) is 4.37. The molecule has 1 fully saturated rings. The van der Waals surface area contributed by atoms with Crippen LogP contribution in [0.1, 0.15) is 50.1 Å². The maximum absolute atomic E-state index is 4.42. The van der Waals surface area contributed by atoms with Crippen LogP contribution >= 0.6 is 0 Å². The lowest BCUT2D eigenvalue weighted by Gasteiger charge is -2.26. The van der Waals surface area contributed by atoms with Gasteiger partial charge in [-0.15, -0.1) is 0 Å². The predicted octanol–water partition coefficient (Wildman–Crippen LogP) is 2.96. The molecule has 19 heavy (non-hydrogen) atoms. The van der Waals surface area contributed by atoms with E-state index in [1.807, 2.05) is 30.2 Å². The van der Waals surface area contributed by atoms with E-state index in [0.717, 1.165) is 11.4 Å². The SMILES string of the molecule is CNC(CC1CCCCC1)c1cnn2ccncc12. The molecule has 0 bridgehead atoms. The Bertz CT molecular complexity index is 528. The molecule has 2 aromatic rings. The first-order chi connectivity index (χ1) is 9.38. The Morgan fingerprint density at radius 3 is 2.95 bits per heavy atom. The van der Waals surface area contributed by atoms with Gasteiger partial charge in [0, 0.05) is 24.0 Å². The van der Waals surface area contributed by atoms with Crippen LogP contribution in [0.3, 0.4) is 0 Å². The van der Waals surface area contributed by atoms with E-state index in [0.29, 0.717) is 6.04 Å². The lowest BCUT2D eigenvalue weighted by atomic mass is 9.83. The summed E-state index contributed by atoms with van der Waals surface area (Å²) in [5, 5.41) is 7.88. The van der Waals surface area contributed by atoms with Gasteiger partial charge in [0.25, 0.3) is 0 Å². The summed E-state index contributed by atoms with van der Waals surface area (Å²) in [7, 11) is 2.05. The van der Waals surface area contributed by atoms with Crippen molar-refractivity contribution < 1.29 is 0 Å². The van der Waals surface area contributed by atoms with Crippen molar-refractivity contribution >= 4 is 5.52 Å². The minimum atomic E-state index is 0.393. The van der Waals surface area contributed by atoms with Gasteiger partial charge in [-0.3, -0.25) is 4.98 Å². The second-order valence-corrected chi connectivity index (χ2v) is 5.59. The maximum atomic E-state index is 4.42. The van der Waals surface area contributed by atoms with E-state index in [4.69, 9.17) is 0 Å². The second kappa shape index (κ2) is 5.70. The van der Waals surface area contributed by atoms with Gasteiger partial charge in [-0.2, -0.15) is 5.10 Å². The van der Waals surface area contributed by atoms with Crippen LogP contribution in [0.25, 0.3) is 5.52 Å². The second-order valence-electron chi connectivity index (χ2n) is 5.59. The number of nitrogens with one attached hydrogen (secondary N) is 1. The molecule has 102 valence electrons. The fourth-order valence-electron chi connectivity index (χ4n) is 3.28. The van der Waals surface area contributed by atoms with Gasteiger partial charge in [0.15, 0.2) is 0 Å². The van der Waals surface area contributed by atoms with E-state index in [9.17, 15) is 0 Å². The van der Waals surface area contributed by atoms with E-state index in [2.05, 4.69) is 15.4 Å². The molecule has 0 amide bonds. The van der Waals surface area contributed by atoms with Crippen molar-refractivity contribution in [1.82, 2.24) is 19.9 Å². The first-order valence-corrected chi connectivity index (χ1v) is 7.33. The smallest absolute Gasteiger partial charge is 0.0892 e. The summed E-state index contributed by atoms with van der Waals surface area (Å²) in [6, 6.07) is 0.393. The molecule has 2 heterocycles. The summed E-state index contributed by atoms with van der Waals surface area (Å²) in [5.74, 6) is 0.859. The first kappa shape index (κ1) is 12.6. The maximum Gasteiger partial charge on any atom is 0.0892 e. The van der Waals surface area contributed by atoms with Gasteiger partial charge in [-0.1, -0.05) is 32.1 Å². The van der Waals surface area contributed by atoms with Crippen molar-refractivity contribution in [3.8, 4) is 0 Å². The van der Waals surface area contributed by atoms with E-state index in [1.165, 1.54) is 44.1 Å². The fourth-order valence-corrected chi connectivity index (χ4v) is 3.28. The van der Waals surface area contributed by atoms with Gasteiger partial charge < -0.3 is 5.32 Å². The van der Waals surface area contributed by atoms with Crippen LogP contribution in [0.4, 0.5) is 0 Å².